The van der Waals surface area contributed by atoms with E-state index in [0.717, 1.165) is 0 Å². The van der Waals surface area contributed by atoms with Crippen LogP contribution in [-0.4, -0.2) is 18.0 Å². The third kappa shape index (κ3) is 4.08. The molecule has 0 aliphatic heterocycles. The van der Waals surface area contributed by atoms with Gasteiger partial charge in [-0.25, -0.2) is 0 Å². The summed E-state index contributed by atoms with van der Waals surface area (Å²) in [6.45, 7) is 11.3. The van der Waals surface area contributed by atoms with Crippen molar-refractivity contribution in [1.82, 2.24) is 5.32 Å². The molecule has 3 N–H and O–H groups in total. The third-order valence-corrected chi connectivity index (χ3v) is 1.94. The lowest BCUT2D eigenvalue weighted by Crippen LogP contribution is -2.50. The molecule has 1 amide bonds. The highest BCUT2D eigenvalue weighted by Gasteiger charge is 2.27. The van der Waals surface area contributed by atoms with E-state index in [1.807, 2.05) is 27.7 Å². The number of nitrogens with one attached hydrogen (secondary N) is 1. The van der Waals surface area contributed by atoms with Gasteiger partial charge in [0.25, 0.3) is 0 Å². The van der Waals surface area contributed by atoms with Crippen LogP contribution in [0.2, 0.25) is 0 Å². The molecule has 0 fully saturated rings. The molecule has 2 atom stereocenters. The lowest BCUT2D eigenvalue weighted by molar-refractivity contribution is -0.124. The molecular formula is C10H20N2O. The van der Waals surface area contributed by atoms with Crippen molar-refractivity contribution in [3.63, 3.8) is 0 Å². The fourth-order valence-electron chi connectivity index (χ4n) is 0.766. The number of rotatable bonds is 3. The molecule has 0 bridgehead atoms. The molecule has 0 heterocycles. The molecule has 76 valence electrons. The molecule has 13 heavy (non-hydrogen) atoms. The largest absolute Gasteiger partial charge is 0.349 e. The second-order valence-electron chi connectivity index (χ2n) is 4.38. The van der Waals surface area contributed by atoms with Gasteiger partial charge in [0.1, 0.15) is 0 Å². The van der Waals surface area contributed by atoms with Crippen molar-refractivity contribution in [2.75, 3.05) is 0 Å². The summed E-state index contributed by atoms with van der Waals surface area (Å²) in [4.78, 5) is 11.5. The summed E-state index contributed by atoms with van der Waals surface area (Å²) >= 11 is 0. The molecule has 0 aliphatic rings. The zero-order valence-corrected chi connectivity index (χ0v) is 8.92. The summed E-state index contributed by atoms with van der Waals surface area (Å²) in [5.74, 6) is -0.125. The predicted molar refractivity (Wildman–Crippen MR) is 55.2 cm³/mol. The van der Waals surface area contributed by atoms with Gasteiger partial charge in [-0.3, -0.25) is 4.79 Å². The Bertz CT molecular complexity index is 194. The van der Waals surface area contributed by atoms with Crippen LogP contribution in [0.3, 0.4) is 0 Å². The highest BCUT2D eigenvalue weighted by atomic mass is 16.2. The average Bonchev–Trinajstić information content (AvgIpc) is 2.01. The first-order valence-corrected chi connectivity index (χ1v) is 4.47. The first-order valence-electron chi connectivity index (χ1n) is 4.47. The minimum absolute atomic E-state index is 0.0269. The highest BCUT2D eigenvalue weighted by molar-refractivity contribution is 5.82. The van der Waals surface area contributed by atoms with Crippen LogP contribution < -0.4 is 11.1 Å². The first-order chi connectivity index (χ1) is 5.79. The smallest absolute Gasteiger partial charge is 0.237 e. The normalized spacial score (nSPS) is 16.1. The van der Waals surface area contributed by atoms with E-state index in [1.54, 1.807) is 6.08 Å². The summed E-state index contributed by atoms with van der Waals surface area (Å²) in [5, 5.41) is 2.75. The number of amides is 1. The zero-order chi connectivity index (χ0) is 10.6. The van der Waals surface area contributed by atoms with E-state index in [1.165, 1.54) is 0 Å². The van der Waals surface area contributed by atoms with E-state index in [9.17, 15) is 4.79 Å². The van der Waals surface area contributed by atoms with Crippen LogP contribution in [0, 0.1) is 5.41 Å². The van der Waals surface area contributed by atoms with E-state index in [2.05, 4.69) is 11.9 Å². The van der Waals surface area contributed by atoms with E-state index in [0.29, 0.717) is 0 Å². The van der Waals surface area contributed by atoms with Crippen LogP contribution in [0.5, 0.6) is 0 Å². The van der Waals surface area contributed by atoms with Gasteiger partial charge in [-0.2, -0.15) is 0 Å². The number of hydrogen-bond donors (Lipinski definition) is 2. The van der Waals surface area contributed by atoms with E-state index in [4.69, 9.17) is 5.73 Å². The van der Waals surface area contributed by atoms with Gasteiger partial charge >= 0.3 is 0 Å². The Balaban J connectivity index is 4.20. The molecule has 0 spiro atoms. The third-order valence-electron chi connectivity index (χ3n) is 1.94. The Morgan fingerprint density at radius 1 is 1.54 bits per heavy atom. The molecule has 0 aromatic carbocycles. The Hall–Kier alpha value is -0.830. The quantitative estimate of drug-likeness (QED) is 0.644. The Kier molecular flexibility index (Phi) is 4.14. The van der Waals surface area contributed by atoms with Gasteiger partial charge in [-0.1, -0.05) is 26.8 Å². The summed E-state index contributed by atoms with van der Waals surface area (Å²) in [6.07, 6.45) is 1.67. The Morgan fingerprint density at radius 2 is 2.00 bits per heavy atom. The number of carbonyl (C=O) groups is 1. The summed E-state index contributed by atoms with van der Waals surface area (Å²) in [6, 6.07) is -0.504. The summed E-state index contributed by atoms with van der Waals surface area (Å²) < 4.78 is 0. The Labute approximate surface area is 80.4 Å². The number of hydrogen-bond acceptors (Lipinski definition) is 2. The van der Waals surface area contributed by atoms with Crippen molar-refractivity contribution in [3.8, 4) is 0 Å². The molecule has 3 heteroatoms. The molecule has 0 saturated carbocycles. The summed E-state index contributed by atoms with van der Waals surface area (Å²) in [7, 11) is 0. The molecule has 0 radical (unpaired) electrons. The second-order valence-corrected chi connectivity index (χ2v) is 4.38. The maximum Gasteiger partial charge on any atom is 0.237 e. The fourth-order valence-corrected chi connectivity index (χ4v) is 0.766. The predicted octanol–water partition coefficient (Wildman–Crippen LogP) is 1.05. The van der Waals surface area contributed by atoms with E-state index < -0.39 is 6.04 Å². The topological polar surface area (TPSA) is 55.1 Å². The zero-order valence-electron chi connectivity index (χ0n) is 8.92. The monoisotopic (exact) mass is 184 g/mol. The average molecular weight is 184 g/mol. The van der Waals surface area contributed by atoms with Crippen LogP contribution in [0.15, 0.2) is 12.7 Å². The van der Waals surface area contributed by atoms with Crippen molar-refractivity contribution >= 4 is 5.91 Å². The van der Waals surface area contributed by atoms with Crippen LogP contribution in [0.25, 0.3) is 0 Å². The van der Waals surface area contributed by atoms with Crippen molar-refractivity contribution in [2.24, 2.45) is 11.1 Å². The minimum atomic E-state index is -0.477. The molecule has 3 nitrogen and oxygen atoms in total. The van der Waals surface area contributed by atoms with Crippen molar-refractivity contribution in [2.45, 2.75) is 39.8 Å². The van der Waals surface area contributed by atoms with Gasteiger partial charge in [0, 0.05) is 6.04 Å². The van der Waals surface area contributed by atoms with Gasteiger partial charge in [-0.05, 0) is 12.3 Å². The van der Waals surface area contributed by atoms with Crippen molar-refractivity contribution in [1.29, 1.82) is 0 Å². The fraction of sp³-hybridized carbons (Fsp3) is 0.700. The molecule has 0 aliphatic carbocycles. The van der Waals surface area contributed by atoms with Gasteiger partial charge in [0.15, 0.2) is 0 Å². The van der Waals surface area contributed by atoms with Gasteiger partial charge in [0.05, 0.1) is 6.04 Å². The number of nitrogens with two attached hydrogens (primary N) is 1. The maximum absolute atomic E-state index is 11.5. The van der Waals surface area contributed by atoms with Crippen LogP contribution >= 0.6 is 0 Å². The second kappa shape index (κ2) is 4.42. The van der Waals surface area contributed by atoms with Crippen LogP contribution in [-0.2, 0) is 4.79 Å². The minimum Gasteiger partial charge on any atom is -0.349 e. The molecule has 0 aromatic heterocycles. The van der Waals surface area contributed by atoms with Crippen LogP contribution in [0.4, 0.5) is 0 Å². The van der Waals surface area contributed by atoms with E-state index in [-0.39, 0.29) is 17.4 Å². The summed E-state index contributed by atoms with van der Waals surface area (Å²) in [5.41, 5.74) is 5.55. The lowest BCUT2D eigenvalue weighted by atomic mass is 9.87. The van der Waals surface area contributed by atoms with Gasteiger partial charge in [0.2, 0.25) is 5.91 Å². The molecular weight excluding hydrogens is 164 g/mol. The first kappa shape index (κ1) is 12.2. The van der Waals surface area contributed by atoms with E-state index >= 15 is 0 Å². The van der Waals surface area contributed by atoms with Gasteiger partial charge < -0.3 is 11.1 Å². The van der Waals surface area contributed by atoms with Crippen molar-refractivity contribution in [3.05, 3.63) is 12.7 Å². The van der Waals surface area contributed by atoms with Crippen molar-refractivity contribution < 1.29 is 4.79 Å². The van der Waals surface area contributed by atoms with Gasteiger partial charge in [-0.15, -0.1) is 6.58 Å². The lowest BCUT2D eigenvalue weighted by Gasteiger charge is -2.26. The standard InChI is InChI=1S/C10H20N2O/c1-6-7(2)12-9(13)8(11)10(3,4)5/h6-8H,1,11H2,2-5H3,(H,12,13)/t7?,8-/m1/s1. The highest BCUT2D eigenvalue weighted by Crippen LogP contribution is 2.17. The molecule has 1 unspecified atom stereocenters. The maximum atomic E-state index is 11.5. The number of carbonyl (C=O) groups excluding carboxylic acids is 1. The SMILES string of the molecule is C=CC(C)NC(=O)[C@@H](N)C(C)(C)C. The molecule has 0 saturated heterocycles. The molecule has 0 rings (SSSR count). The molecule has 0 aromatic rings. The van der Waals surface area contributed by atoms with Crippen LogP contribution in [0.1, 0.15) is 27.7 Å². The Morgan fingerprint density at radius 3 is 2.31 bits per heavy atom.